The summed E-state index contributed by atoms with van der Waals surface area (Å²) < 4.78 is 14.5. The van der Waals surface area contributed by atoms with Crippen molar-refractivity contribution in [1.29, 1.82) is 0 Å². The van der Waals surface area contributed by atoms with Gasteiger partial charge in [-0.05, 0) is 69.3 Å². The van der Waals surface area contributed by atoms with E-state index >= 15 is 0 Å². The Morgan fingerprint density at radius 1 is 1.05 bits per heavy atom. The van der Waals surface area contributed by atoms with Gasteiger partial charge in [0.25, 0.3) is 5.91 Å². The van der Waals surface area contributed by atoms with E-state index < -0.39 is 0 Å². The highest BCUT2D eigenvalue weighted by atomic mass is 19.1. The normalized spacial score (nSPS) is 19.5. The van der Waals surface area contributed by atoms with E-state index in [-0.39, 0.29) is 18.3 Å². The van der Waals surface area contributed by atoms with E-state index in [0.29, 0.717) is 17.2 Å². The van der Waals surface area contributed by atoms with Crippen molar-refractivity contribution in [2.45, 2.75) is 33.7 Å². The van der Waals surface area contributed by atoms with Gasteiger partial charge in [-0.3, -0.25) is 9.69 Å². The maximum absolute atomic E-state index is 14.5. The predicted molar refractivity (Wildman–Crippen MR) is 150 cm³/mol. The van der Waals surface area contributed by atoms with Crippen LogP contribution < -0.4 is 10.2 Å². The molecule has 2 heterocycles. The van der Waals surface area contributed by atoms with Crippen LogP contribution in [0.1, 0.15) is 32.8 Å². The molecule has 0 spiro atoms. The molecule has 2 aromatic rings. The average Bonchev–Trinajstić information content (AvgIpc) is 2.91. The van der Waals surface area contributed by atoms with Gasteiger partial charge >= 0.3 is 0 Å². The molecule has 0 saturated carbocycles. The number of hydrogen-bond acceptors (Lipinski definition) is 5. The molecule has 2 aliphatic heterocycles. The monoisotopic (exact) mass is 501 g/mol. The number of amides is 1. The molecule has 0 radical (unpaired) electrons. The van der Waals surface area contributed by atoms with Gasteiger partial charge < -0.3 is 15.1 Å². The number of rotatable bonds is 7. The van der Waals surface area contributed by atoms with Crippen LogP contribution in [0.5, 0.6) is 0 Å². The van der Waals surface area contributed by atoms with Crippen molar-refractivity contribution < 1.29 is 9.18 Å². The smallest absolute Gasteiger partial charge is 0.252 e. The number of nitrogens with one attached hydrogen (secondary N) is 1. The van der Waals surface area contributed by atoms with Crippen molar-refractivity contribution >= 4 is 23.1 Å². The first kappa shape index (κ1) is 26.4. The number of anilines is 2. The van der Waals surface area contributed by atoms with Gasteiger partial charge in [0.1, 0.15) is 17.5 Å². The summed E-state index contributed by atoms with van der Waals surface area (Å²) >= 11 is 0. The molecule has 1 fully saturated rings. The molecule has 1 saturated heterocycles. The highest BCUT2D eigenvalue weighted by molar-refractivity contribution is 6.15. The molecule has 4 rings (SSSR count). The Morgan fingerprint density at radius 3 is 2.41 bits per heavy atom. The van der Waals surface area contributed by atoms with Crippen molar-refractivity contribution in [2.24, 2.45) is 4.99 Å². The SMILES string of the molecule is C/C=C1/C=CC(=O)N(Cc2ccccc2F)/C1=N/C(Nc1ccc(N2CCN(C)CC2)cc1)=C(\C)CC. The summed E-state index contributed by atoms with van der Waals surface area (Å²) in [6, 6.07) is 14.9. The summed E-state index contributed by atoms with van der Waals surface area (Å²) in [5.74, 6) is 0.622. The van der Waals surface area contributed by atoms with Crippen molar-refractivity contribution in [3.63, 3.8) is 0 Å². The number of benzene rings is 2. The lowest BCUT2D eigenvalue weighted by atomic mass is 10.1. The Labute approximate surface area is 219 Å². The maximum Gasteiger partial charge on any atom is 0.252 e. The zero-order valence-electron chi connectivity index (χ0n) is 22.2. The summed E-state index contributed by atoms with van der Waals surface area (Å²) in [7, 11) is 2.15. The van der Waals surface area contributed by atoms with E-state index in [1.165, 1.54) is 22.7 Å². The molecule has 0 unspecified atom stereocenters. The van der Waals surface area contributed by atoms with Crippen molar-refractivity contribution in [3.8, 4) is 0 Å². The van der Waals surface area contributed by atoms with Gasteiger partial charge in [-0.15, -0.1) is 0 Å². The van der Waals surface area contributed by atoms with Gasteiger partial charge in [0.2, 0.25) is 0 Å². The van der Waals surface area contributed by atoms with Crippen LogP contribution in [-0.2, 0) is 11.3 Å². The first-order valence-corrected chi connectivity index (χ1v) is 12.9. The third-order valence-corrected chi connectivity index (χ3v) is 6.93. The van der Waals surface area contributed by atoms with E-state index in [9.17, 15) is 9.18 Å². The Bertz CT molecular complexity index is 1240. The average molecular weight is 502 g/mol. The number of carbonyl (C=O) groups excluding carboxylic acids is 1. The molecular formula is C30H36FN5O. The third-order valence-electron chi connectivity index (χ3n) is 6.93. The van der Waals surface area contributed by atoms with E-state index in [0.717, 1.165) is 49.4 Å². The standard InChI is InChI=1S/C30H36FN5O/c1-5-22(3)29(32-25-12-14-26(15-13-25)35-19-17-34(4)18-20-35)33-30-23(6-2)11-16-28(37)36(30)21-24-9-7-8-10-27(24)31/h6-16,32H,5,17-21H2,1-4H3/b23-6-,29-22+,33-30+. The molecule has 2 aliphatic rings. The minimum Gasteiger partial charge on any atom is -0.369 e. The number of likely N-dealkylation sites (N-methyl/N-ethyl adjacent to an activating group) is 1. The first-order valence-electron chi connectivity index (χ1n) is 12.9. The summed E-state index contributed by atoms with van der Waals surface area (Å²) in [6.45, 7) is 10.3. The maximum atomic E-state index is 14.5. The van der Waals surface area contributed by atoms with Crippen LogP contribution in [0.15, 0.2) is 88.7 Å². The topological polar surface area (TPSA) is 51.2 Å². The lowest BCUT2D eigenvalue weighted by molar-refractivity contribution is -0.123. The zero-order chi connectivity index (χ0) is 26.4. The molecule has 1 N–H and O–H groups in total. The molecule has 1 amide bonds. The molecule has 0 bridgehead atoms. The molecule has 7 heteroatoms. The van der Waals surface area contributed by atoms with Crippen molar-refractivity contribution in [3.05, 3.63) is 95.1 Å². The second-order valence-corrected chi connectivity index (χ2v) is 9.47. The van der Waals surface area contributed by atoms with Crippen molar-refractivity contribution in [1.82, 2.24) is 9.80 Å². The van der Waals surface area contributed by atoms with E-state index in [1.54, 1.807) is 24.3 Å². The lowest BCUT2D eigenvalue weighted by Crippen LogP contribution is -2.44. The first-order chi connectivity index (χ1) is 17.9. The van der Waals surface area contributed by atoms with Crippen LogP contribution in [0, 0.1) is 5.82 Å². The second-order valence-electron chi connectivity index (χ2n) is 9.47. The van der Waals surface area contributed by atoms with Crippen molar-refractivity contribution in [2.75, 3.05) is 43.4 Å². The lowest BCUT2D eigenvalue weighted by Gasteiger charge is -2.34. The van der Waals surface area contributed by atoms with Crippen LogP contribution in [0.3, 0.4) is 0 Å². The summed E-state index contributed by atoms with van der Waals surface area (Å²) in [6.07, 6.45) is 5.99. The number of halogens is 1. The summed E-state index contributed by atoms with van der Waals surface area (Å²) in [4.78, 5) is 24.2. The van der Waals surface area contributed by atoms with Crippen LogP contribution in [0.2, 0.25) is 0 Å². The Kier molecular flexibility index (Phi) is 8.56. The number of piperazine rings is 1. The van der Waals surface area contributed by atoms with Crippen LogP contribution in [0.25, 0.3) is 0 Å². The van der Waals surface area contributed by atoms with E-state index in [1.807, 2.05) is 19.9 Å². The second kappa shape index (κ2) is 12.0. The highest BCUT2D eigenvalue weighted by Crippen LogP contribution is 2.24. The fourth-order valence-corrected chi connectivity index (χ4v) is 4.35. The molecule has 0 aliphatic carbocycles. The number of carbonyl (C=O) groups is 1. The number of allylic oxidation sites excluding steroid dienone is 2. The fourth-order valence-electron chi connectivity index (χ4n) is 4.35. The summed E-state index contributed by atoms with van der Waals surface area (Å²) in [5.41, 5.74) is 4.44. The highest BCUT2D eigenvalue weighted by Gasteiger charge is 2.26. The Hall–Kier alpha value is -3.71. The molecule has 6 nitrogen and oxygen atoms in total. The fraction of sp³-hybridized carbons (Fsp3) is 0.333. The van der Waals surface area contributed by atoms with Gasteiger partial charge in [-0.2, -0.15) is 0 Å². The van der Waals surface area contributed by atoms with Crippen LogP contribution in [0.4, 0.5) is 15.8 Å². The van der Waals surface area contributed by atoms with E-state index in [2.05, 4.69) is 53.4 Å². The van der Waals surface area contributed by atoms with Gasteiger partial charge in [0.05, 0.1) is 6.54 Å². The Morgan fingerprint density at radius 2 is 1.76 bits per heavy atom. The molecule has 2 aromatic carbocycles. The van der Waals surface area contributed by atoms with Gasteiger partial charge in [0.15, 0.2) is 0 Å². The number of nitrogens with zero attached hydrogens (tertiary/aromatic N) is 4. The molecule has 0 aromatic heterocycles. The van der Waals surface area contributed by atoms with Gasteiger partial charge in [-0.1, -0.05) is 31.2 Å². The molecular weight excluding hydrogens is 465 g/mol. The van der Waals surface area contributed by atoms with Crippen LogP contribution in [-0.4, -0.2) is 54.8 Å². The number of hydrogen-bond donors (Lipinski definition) is 1. The minimum atomic E-state index is -0.342. The minimum absolute atomic E-state index is 0.101. The third kappa shape index (κ3) is 6.35. The largest absolute Gasteiger partial charge is 0.369 e. The van der Waals surface area contributed by atoms with E-state index in [4.69, 9.17) is 4.99 Å². The molecule has 0 atom stereocenters. The van der Waals surface area contributed by atoms with Crippen LogP contribution >= 0.6 is 0 Å². The zero-order valence-corrected chi connectivity index (χ0v) is 22.2. The predicted octanol–water partition coefficient (Wildman–Crippen LogP) is 5.57. The van der Waals surface area contributed by atoms with Gasteiger partial charge in [0, 0.05) is 54.8 Å². The Balaban J connectivity index is 1.63. The molecule has 37 heavy (non-hydrogen) atoms. The number of amidine groups is 1. The number of aliphatic imine (C=N–C) groups is 1. The van der Waals surface area contributed by atoms with Gasteiger partial charge in [-0.25, -0.2) is 9.38 Å². The quantitative estimate of drug-likeness (QED) is 0.539. The summed E-state index contributed by atoms with van der Waals surface area (Å²) in [5, 5.41) is 3.47. The molecule has 194 valence electrons.